The molecule has 0 N–H and O–H groups in total. The number of para-hydroxylation sites is 1. The third-order valence-corrected chi connectivity index (χ3v) is 7.36. The van der Waals surface area contributed by atoms with Crippen LogP contribution in [0.3, 0.4) is 0 Å². The molecular weight excluding hydrogens is 552 g/mol. The van der Waals surface area contributed by atoms with Gasteiger partial charge in [-0.3, -0.25) is 0 Å². The van der Waals surface area contributed by atoms with Crippen LogP contribution in [0.5, 0.6) is 23.0 Å². The molecule has 0 atom stereocenters. The largest absolute Gasteiger partial charge is 0.457 e. The van der Waals surface area contributed by atoms with Gasteiger partial charge >= 0.3 is 0 Å². The maximum Gasteiger partial charge on any atom is 0.127 e. The fraction of sp³-hybridized carbons (Fsp3) is 0.122. The highest BCUT2D eigenvalue weighted by molar-refractivity contribution is 5.65. The summed E-state index contributed by atoms with van der Waals surface area (Å²) >= 11 is 0. The lowest BCUT2D eigenvalue weighted by molar-refractivity contribution is 0.482. The van der Waals surface area contributed by atoms with E-state index in [1.807, 2.05) is 73.7 Å². The second kappa shape index (κ2) is 15.3. The molecule has 0 unspecified atom stereocenters. The Morgan fingerprint density at radius 3 is 1.49 bits per heavy atom. The van der Waals surface area contributed by atoms with E-state index in [4.69, 9.17) is 9.47 Å². The van der Waals surface area contributed by atoms with Crippen molar-refractivity contribution in [2.24, 2.45) is 0 Å². The molecule has 0 heterocycles. The predicted octanol–water partition coefficient (Wildman–Crippen LogP) is 11.2. The van der Waals surface area contributed by atoms with Crippen molar-refractivity contribution in [1.29, 1.82) is 0 Å². The van der Waals surface area contributed by atoms with Crippen LogP contribution in [0.25, 0.3) is 0 Å². The van der Waals surface area contributed by atoms with Crippen LogP contribution in [-0.2, 0) is 0 Å². The zero-order valence-corrected chi connectivity index (χ0v) is 26.3. The van der Waals surface area contributed by atoms with Gasteiger partial charge in [0.25, 0.3) is 0 Å². The fourth-order valence-corrected chi connectivity index (χ4v) is 5.02. The van der Waals surface area contributed by atoms with E-state index in [-0.39, 0.29) is 0 Å². The van der Waals surface area contributed by atoms with Crippen molar-refractivity contribution in [2.75, 3.05) is 22.9 Å². The van der Waals surface area contributed by atoms with Gasteiger partial charge in [-0.2, -0.15) is 0 Å². The van der Waals surface area contributed by atoms with Crippen molar-refractivity contribution in [2.45, 2.75) is 20.8 Å². The van der Waals surface area contributed by atoms with Gasteiger partial charge in [0.2, 0.25) is 0 Å². The lowest BCUT2D eigenvalue weighted by Gasteiger charge is -2.31. The molecular formula is C41H40N2O2. The molecule has 0 saturated heterocycles. The van der Waals surface area contributed by atoms with E-state index < -0.39 is 0 Å². The number of nitrogens with zero attached hydrogens (tertiary/aromatic N) is 2. The van der Waals surface area contributed by atoms with Crippen LogP contribution >= 0.6 is 0 Å². The summed E-state index contributed by atoms with van der Waals surface area (Å²) in [6.07, 6.45) is 8.04. The van der Waals surface area contributed by atoms with Crippen molar-refractivity contribution in [1.82, 2.24) is 0 Å². The number of anilines is 3. The minimum absolute atomic E-state index is 0.721. The average Bonchev–Trinajstić information content (AvgIpc) is 3.07. The first-order chi connectivity index (χ1) is 22.0. The number of benzene rings is 5. The summed E-state index contributed by atoms with van der Waals surface area (Å²) in [4.78, 5) is 4.64. The standard InChI is InChI=1S/C41H40N2O2/c1-5-10-34(11-6-2)42(36-18-26-40(27-19-36)44-38-22-14-32(3)15-23-38)30-31-43(35-12-8-7-9-13-35)37-20-28-41(29-21-37)45-39-24-16-33(4)17-25-39/h5-29H,1,30-31H2,2-4H3/b11-6-,34-10+. The molecule has 0 bridgehead atoms. The van der Waals surface area contributed by atoms with Crippen molar-refractivity contribution < 1.29 is 9.47 Å². The highest BCUT2D eigenvalue weighted by atomic mass is 16.5. The summed E-state index contributed by atoms with van der Waals surface area (Å²) < 4.78 is 12.2. The summed E-state index contributed by atoms with van der Waals surface area (Å²) in [6, 6.07) is 43.2. The molecule has 4 nitrogen and oxygen atoms in total. The van der Waals surface area contributed by atoms with Crippen molar-refractivity contribution in [3.05, 3.63) is 175 Å². The smallest absolute Gasteiger partial charge is 0.127 e. The molecule has 0 amide bonds. The zero-order valence-electron chi connectivity index (χ0n) is 26.3. The second-order valence-electron chi connectivity index (χ2n) is 10.8. The number of allylic oxidation sites excluding steroid dienone is 4. The lowest BCUT2D eigenvalue weighted by Crippen LogP contribution is -2.32. The van der Waals surface area contributed by atoms with Gasteiger partial charge in [0, 0.05) is 35.8 Å². The molecule has 4 heteroatoms. The summed E-state index contributed by atoms with van der Waals surface area (Å²) in [7, 11) is 0. The minimum atomic E-state index is 0.721. The third-order valence-electron chi connectivity index (χ3n) is 7.36. The fourth-order valence-electron chi connectivity index (χ4n) is 5.02. The third kappa shape index (κ3) is 8.55. The van der Waals surface area contributed by atoms with Gasteiger partial charge < -0.3 is 19.3 Å². The Balaban J connectivity index is 1.39. The van der Waals surface area contributed by atoms with Crippen LogP contribution in [0.4, 0.5) is 17.1 Å². The molecule has 226 valence electrons. The van der Waals surface area contributed by atoms with E-state index in [0.717, 1.165) is 58.8 Å². The zero-order chi connectivity index (χ0) is 31.4. The van der Waals surface area contributed by atoms with Crippen LogP contribution in [0.15, 0.2) is 164 Å². The molecule has 0 aliphatic heterocycles. The van der Waals surface area contributed by atoms with E-state index in [9.17, 15) is 0 Å². The van der Waals surface area contributed by atoms with E-state index >= 15 is 0 Å². The highest BCUT2D eigenvalue weighted by Crippen LogP contribution is 2.31. The molecule has 0 fully saturated rings. The molecule has 0 aliphatic rings. The second-order valence-corrected chi connectivity index (χ2v) is 10.8. The highest BCUT2D eigenvalue weighted by Gasteiger charge is 2.16. The number of ether oxygens (including phenoxy) is 2. The summed E-state index contributed by atoms with van der Waals surface area (Å²) in [6.45, 7) is 11.6. The van der Waals surface area contributed by atoms with Crippen LogP contribution < -0.4 is 19.3 Å². The maximum atomic E-state index is 6.11. The molecule has 5 rings (SSSR count). The molecule has 0 aliphatic carbocycles. The molecule has 0 saturated carbocycles. The average molecular weight is 593 g/mol. The Labute approximate surface area is 267 Å². The Morgan fingerprint density at radius 2 is 1.02 bits per heavy atom. The lowest BCUT2D eigenvalue weighted by atomic mass is 10.2. The molecule has 0 spiro atoms. The molecule has 5 aromatic rings. The van der Waals surface area contributed by atoms with Crippen LogP contribution in [0.2, 0.25) is 0 Å². The van der Waals surface area contributed by atoms with Crippen molar-refractivity contribution >= 4 is 17.1 Å². The summed E-state index contributed by atoms with van der Waals surface area (Å²) in [5, 5.41) is 0. The normalized spacial score (nSPS) is 11.3. The first-order valence-corrected chi connectivity index (χ1v) is 15.3. The molecule has 45 heavy (non-hydrogen) atoms. The van der Waals surface area contributed by atoms with E-state index in [0.29, 0.717) is 0 Å². The Morgan fingerprint density at radius 1 is 0.578 bits per heavy atom. The van der Waals surface area contributed by atoms with Crippen molar-refractivity contribution in [3.8, 4) is 23.0 Å². The SMILES string of the molecule is C=C/C=C(\C=C/C)N(CCN(c1ccccc1)c1ccc(Oc2ccc(C)cc2)cc1)c1ccc(Oc2ccc(C)cc2)cc1. The Bertz CT molecular complexity index is 1700. The van der Waals surface area contributed by atoms with E-state index in [1.54, 1.807) is 0 Å². The molecule has 5 aromatic carbocycles. The van der Waals surface area contributed by atoms with Crippen LogP contribution in [0, 0.1) is 13.8 Å². The first kappa shape index (κ1) is 31.0. The van der Waals surface area contributed by atoms with E-state index in [2.05, 4.69) is 115 Å². The first-order valence-electron chi connectivity index (χ1n) is 15.3. The topological polar surface area (TPSA) is 24.9 Å². The Hall–Kier alpha value is -5.48. The Kier molecular flexibility index (Phi) is 10.5. The maximum absolute atomic E-state index is 6.11. The van der Waals surface area contributed by atoms with Gasteiger partial charge in [0.15, 0.2) is 0 Å². The van der Waals surface area contributed by atoms with Gasteiger partial charge in [0.05, 0.1) is 0 Å². The summed E-state index contributed by atoms with van der Waals surface area (Å²) in [5.41, 5.74) is 6.72. The quantitative estimate of drug-likeness (QED) is 0.127. The van der Waals surface area contributed by atoms with Gasteiger partial charge in [-0.1, -0.05) is 72.3 Å². The number of aryl methyl sites for hydroxylation is 2. The number of hydrogen-bond acceptors (Lipinski definition) is 4. The van der Waals surface area contributed by atoms with Crippen LogP contribution in [-0.4, -0.2) is 13.1 Å². The van der Waals surface area contributed by atoms with Gasteiger partial charge in [-0.05, 0) is 118 Å². The predicted molar refractivity (Wildman–Crippen MR) is 189 cm³/mol. The molecule has 0 radical (unpaired) electrons. The van der Waals surface area contributed by atoms with Gasteiger partial charge in [-0.15, -0.1) is 0 Å². The van der Waals surface area contributed by atoms with E-state index in [1.165, 1.54) is 11.1 Å². The number of hydrogen-bond donors (Lipinski definition) is 0. The molecule has 0 aromatic heterocycles. The van der Waals surface area contributed by atoms with Crippen LogP contribution in [0.1, 0.15) is 18.1 Å². The van der Waals surface area contributed by atoms with Crippen molar-refractivity contribution in [3.63, 3.8) is 0 Å². The minimum Gasteiger partial charge on any atom is -0.457 e. The summed E-state index contributed by atoms with van der Waals surface area (Å²) in [5.74, 6) is 3.24. The number of rotatable bonds is 13. The monoisotopic (exact) mass is 592 g/mol. The van der Waals surface area contributed by atoms with Gasteiger partial charge in [0.1, 0.15) is 23.0 Å². The van der Waals surface area contributed by atoms with Gasteiger partial charge in [-0.25, -0.2) is 0 Å².